The summed E-state index contributed by atoms with van der Waals surface area (Å²) in [6.07, 6.45) is 0.443. The molecule has 126 valence electrons. The second-order valence-electron chi connectivity index (χ2n) is 6.30. The van der Waals surface area contributed by atoms with Gasteiger partial charge in [0.15, 0.2) is 6.10 Å². The van der Waals surface area contributed by atoms with Crippen LogP contribution in [0.5, 0.6) is 0 Å². The van der Waals surface area contributed by atoms with Crippen molar-refractivity contribution < 1.29 is 18.3 Å². The van der Waals surface area contributed by atoms with Gasteiger partial charge in [0, 0.05) is 19.4 Å². The molecular formula is C17H18FN3O3. The number of morpholine rings is 1. The third kappa shape index (κ3) is 2.91. The lowest BCUT2D eigenvalue weighted by Crippen LogP contribution is -2.43. The normalized spacial score (nSPS) is 26.4. The monoisotopic (exact) mass is 331 g/mol. The lowest BCUT2D eigenvalue weighted by atomic mass is 10.1. The SMILES string of the molecule is Cc1nnc([C@@H]2CN(C(=O)[C@H]3C[C@H]3c3ccc(F)cc3)CCO2)o1. The van der Waals surface area contributed by atoms with Crippen LogP contribution in [-0.2, 0) is 9.53 Å². The third-order valence-electron chi connectivity index (χ3n) is 4.60. The summed E-state index contributed by atoms with van der Waals surface area (Å²) in [7, 11) is 0. The Labute approximate surface area is 138 Å². The van der Waals surface area contributed by atoms with Crippen molar-refractivity contribution in [1.82, 2.24) is 15.1 Å². The number of ether oxygens (including phenoxy) is 1. The van der Waals surface area contributed by atoms with Gasteiger partial charge in [0.25, 0.3) is 0 Å². The highest BCUT2D eigenvalue weighted by Crippen LogP contribution is 2.48. The Kier molecular flexibility index (Phi) is 3.80. The number of rotatable bonds is 3. The average Bonchev–Trinajstić information content (AvgIpc) is 3.28. The molecule has 6 nitrogen and oxygen atoms in total. The van der Waals surface area contributed by atoms with Gasteiger partial charge < -0.3 is 14.1 Å². The van der Waals surface area contributed by atoms with Crippen molar-refractivity contribution in [2.24, 2.45) is 5.92 Å². The fourth-order valence-electron chi connectivity index (χ4n) is 3.22. The summed E-state index contributed by atoms with van der Waals surface area (Å²) in [6, 6.07) is 6.41. The first-order valence-electron chi connectivity index (χ1n) is 8.07. The van der Waals surface area contributed by atoms with Crippen molar-refractivity contribution in [3.05, 3.63) is 47.4 Å². The Hall–Kier alpha value is -2.28. The van der Waals surface area contributed by atoms with Crippen LogP contribution in [0.4, 0.5) is 4.39 Å². The standard InChI is InChI=1S/C17H18FN3O3/c1-10-19-20-16(24-10)15-9-21(6-7-23-15)17(22)14-8-13(14)11-2-4-12(18)5-3-11/h2-5,13-15H,6-9H2,1H3/t13-,14-,15-/m0/s1. The number of amides is 1. The highest BCUT2D eigenvalue weighted by molar-refractivity contribution is 5.83. The summed E-state index contributed by atoms with van der Waals surface area (Å²) in [5, 5.41) is 7.79. The number of aryl methyl sites for hydroxylation is 1. The van der Waals surface area contributed by atoms with Crippen LogP contribution in [0.2, 0.25) is 0 Å². The molecule has 1 amide bonds. The van der Waals surface area contributed by atoms with E-state index in [1.807, 2.05) is 4.90 Å². The maximum atomic E-state index is 13.0. The Morgan fingerprint density at radius 3 is 2.79 bits per heavy atom. The zero-order chi connectivity index (χ0) is 16.7. The van der Waals surface area contributed by atoms with E-state index in [4.69, 9.17) is 9.15 Å². The largest absolute Gasteiger partial charge is 0.423 e. The summed E-state index contributed by atoms with van der Waals surface area (Å²) < 4.78 is 24.1. The van der Waals surface area contributed by atoms with E-state index in [0.29, 0.717) is 31.5 Å². The highest BCUT2D eigenvalue weighted by atomic mass is 19.1. The average molecular weight is 331 g/mol. The van der Waals surface area contributed by atoms with Crippen LogP contribution >= 0.6 is 0 Å². The lowest BCUT2D eigenvalue weighted by Gasteiger charge is -2.31. The van der Waals surface area contributed by atoms with Crippen LogP contribution in [0.3, 0.4) is 0 Å². The molecule has 7 heteroatoms. The van der Waals surface area contributed by atoms with Crippen LogP contribution in [0.15, 0.2) is 28.7 Å². The quantitative estimate of drug-likeness (QED) is 0.863. The van der Waals surface area contributed by atoms with Crippen molar-refractivity contribution in [2.45, 2.75) is 25.4 Å². The number of hydrogen-bond donors (Lipinski definition) is 0. The second-order valence-corrected chi connectivity index (χ2v) is 6.30. The molecule has 24 heavy (non-hydrogen) atoms. The molecule has 0 spiro atoms. The van der Waals surface area contributed by atoms with E-state index in [2.05, 4.69) is 10.2 Å². The minimum absolute atomic E-state index is 0.0290. The highest BCUT2D eigenvalue weighted by Gasteiger charge is 2.46. The van der Waals surface area contributed by atoms with Crippen LogP contribution in [-0.4, -0.2) is 40.7 Å². The van der Waals surface area contributed by atoms with Crippen molar-refractivity contribution in [3.8, 4) is 0 Å². The number of aromatic nitrogens is 2. The van der Waals surface area contributed by atoms with Gasteiger partial charge in [0.1, 0.15) is 5.82 Å². The molecule has 0 radical (unpaired) electrons. The zero-order valence-electron chi connectivity index (χ0n) is 13.3. The molecule has 0 N–H and O–H groups in total. The van der Waals surface area contributed by atoms with Gasteiger partial charge in [-0.05, 0) is 30.0 Å². The lowest BCUT2D eigenvalue weighted by molar-refractivity contribution is -0.141. The van der Waals surface area contributed by atoms with Crippen molar-refractivity contribution in [1.29, 1.82) is 0 Å². The van der Waals surface area contributed by atoms with Gasteiger partial charge in [-0.1, -0.05) is 12.1 Å². The minimum Gasteiger partial charge on any atom is -0.423 e. The predicted octanol–water partition coefficient (Wildman–Crippen LogP) is 2.22. The first-order valence-corrected chi connectivity index (χ1v) is 8.07. The van der Waals surface area contributed by atoms with E-state index in [-0.39, 0.29) is 29.7 Å². The first kappa shape index (κ1) is 15.3. The number of halogens is 1. The Bertz CT molecular complexity index is 746. The number of carbonyl (C=O) groups is 1. The summed E-state index contributed by atoms with van der Waals surface area (Å²) in [4.78, 5) is 14.5. The number of nitrogens with zero attached hydrogens (tertiary/aromatic N) is 3. The molecule has 2 aliphatic rings. The molecule has 1 aliphatic heterocycles. The van der Waals surface area contributed by atoms with E-state index < -0.39 is 0 Å². The van der Waals surface area contributed by atoms with Gasteiger partial charge in [-0.2, -0.15) is 0 Å². The van der Waals surface area contributed by atoms with Crippen molar-refractivity contribution >= 4 is 5.91 Å². The van der Waals surface area contributed by atoms with Gasteiger partial charge in [0.2, 0.25) is 17.7 Å². The molecule has 2 heterocycles. The maximum Gasteiger partial charge on any atom is 0.246 e. The van der Waals surface area contributed by atoms with Gasteiger partial charge >= 0.3 is 0 Å². The summed E-state index contributed by atoms with van der Waals surface area (Å²) in [5.41, 5.74) is 1.02. The van der Waals surface area contributed by atoms with Crippen LogP contribution < -0.4 is 0 Å². The molecule has 1 saturated heterocycles. The molecule has 1 aliphatic carbocycles. The first-order chi connectivity index (χ1) is 11.6. The van der Waals surface area contributed by atoms with E-state index in [1.54, 1.807) is 19.1 Å². The second kappa shape index (κ2) is 5.98. The van der Waals surface area contributed by atoms with Gasteiger partial charge in [0.05, 0.1) is 13.2 Å². The predicted molar refractivity (Wildman–Crippen MR) is 81.6 cm³/mol. The van der Waals surface area contributed by atoms with Gasteiger partial charge in [-0.15, -0.1) is 10.2 Å². The van der Waals surface area contributed by atoms with E-state index >= 15 is 0 Å². The van der Waals surface area contributed by atoms with E-state index in [1.165, 1.54) is 12.1 Å². The molecule has 1 saturated carbocycles. The Morgan fingerprint density at radius 2 is 2.08 bits per heavy atom. The smallest absolute Gasteiger partial charge is 0.246 e. The molecule has 2 fully saturated rings. The molecule has 0 bridgehead atoms. The molecule has 4 rings (SSSR count). The third-order valence-corrected chi connectivity index (χ3v) is 4.60. The summed E-state index contributed by atoms with van der Waals surface area (Å²) >= 11 is 0. The Balaban J connectivity index is 1.41. The number of hydrogen-bond acceptors (Lipinski definition) is 5. The van der Waals surface area contributed by atoms with Crippen molar-refractivity contribution in [2.75, 3.05) is 19.7 Å². The fraction of sp³-hybridized carbons (Fsp3) is 0.471. The number of benzene rings is 1. The van der Waals surface area contributed by atoms with Crippen LogP contribution in [0.25, 0.3) is 0 Å². The Morgan fingerprint density at radius 1 is 1.29 bits per heavy atom. The molecule has 0 unspecified atom stereocenters. The van der Waals surface area contributed by atoms with Gasteiger partial charge in [-0.25, -0.2) is 4.39 Å². The maximum absolute atomic E-state index is 13.0. The van der Waals surface area contributed by atoms with Crippen LogP contribution in [0, 0.1) is 18.7 Å². The minimum atomic E-state index is -0.369. The van der Waals surface area contributed by atoms with Crippen LogP contribution in [0.1, 0.15) is 35.8 Å². The van der Waals surface area contributed by atoms with E-state index in [0.717, 1.165) is 12.0 Å². The topological polar surface area (TPSA) is 68.5 Å². The zero-order valence-corrected chi connectivity index (χ0v) is 13.3. The molecule has 1 aromatic carbocycles. The van der Waals surface area contributed by atoms with E-state index in [9.17, 15) is 9.18 Å². The molecular weight excluding hydrogens is 313 g/mol. The fourth-order valence-corrected chi connectivity index (χ4v) is 3.22. The molecule has 3 atom stereocenters. The summed E-state index contributed by atoms with van der Waals surface area (Å²) in [5.74, 6) is 0.914. The summed E-state index contributed by atoms with van der Waals surface area (Å²) in [6.45, 7) is 3.16. The molecule has 2 aromatic rings. The van der Waals surface area contributed by atoms with Gasteiger partial charge in [-0.3, -0.25) is 4.79 Å². The van der Waals surface area contributed by atoms with Crippen molar-refractivity contribution in [3.63, 3.8) is 0 Å². The number of carbonyl (C=O) groups excluding carboxylic acids is 1. The molecule has 1 aromatic heterocycles.